The van der Waals surface area contributed by atoms with Gasteiger partial charge in [-0.15, -0.1) is 0 Å². The van der Waals surface area contributed by atoms with Gasteiger partial charge in [-0.2, -0.15) is 0 Å². The summed E-state index contributed by atoms with van der Waals surface area (Å²) < 4.78 is 4.87. The molecule has 0 aliphatic rings. The highest BCUT2D eigenvalue weighted by Crippen LogP contribution is 2.40. The zero-order valence-corrected chi connectivity index (χ0v) is 18.1. The highest BCUT2D eigenvalue weighted by atomic mass is 79.9. The molecule has 28 heavy (non-hydrogen) atoms. The fraction of sp³-hybridized carbons (Fsp3) is 0.130. The predicted molar refractivity (Wildman–Crippen MR) is 117 cm³/mol. The average Bonchev–Trinajstić information content (AvgIpc) is 2.78. The molecule has 0 saturated carbocycles. The highest BCUT2D eigenvalue weighted by molar-refractivity contribution is 9.12. The molecule has 5 heteroatoms. The zero-order chi connectivity index (χ0) is 20.0. The molecule has 3 aromatic carbocycles. The third kappa shape index (κ3) is 4.42. The predicted octanol–water partition coefficient (Wildman–Crippen LogP) is 5.78. The number of benzene rings is 3. The second-order valence-corrected chi connectivity index (χ2v) is 8.22. The Morgan fingerprint density at radius 3 is 1.75 bits per heavy atom. The van der Waals surface area contributed by atoms with Crippen LogP contribution in [-0.2, 0) is 9.06 Å². The van der Waals surface area contributed by atoms with Gasteiger partial charge < -0.3 is 4.74 Å². The number of ketones is 1. The maximum Gasteiger partial charge on any atom is 0.338 e. The Balaban J connectivity index is 2.03. The summed E-state index contributed by atoms with van der Waals surface area (Å²) in [5.41, 5.74) is 1.71. The van der Waals surface area contributed by atoms with Crippen molar-refractivity contribution in [3.05, 3.63) is 108 Å². The third-order valence-electron chi connectivity index (χ3n) is 4.39. The highest BCUT2D eigenvalue weighted by Gasteiger charge is 2.45. The molecule has 0 radical (unpaired) electrons. The van der Waals surface area contributed by atoms with Crippen molar-refractivity contribution in [1.29, 1.82) is 0 Å². The fourth-order valence-electron chi connectivity index (χ4n) is 2.87. The first-order chi connectivity index (χ1) is 13.6. The SMILES string of the molecule is O=C(OC(C(=O)c1ccccc1)C(Br)(CBr)c1ccccc1)c1ccccc1. The van der Waals surface area contributed by atoms with E-state index in [2.05, 4.69) is 31.9 Å². The van der Waals surface area contributed by atoms with Gasteiger partial charge in [-0.05, 0) is 17.7 Å². The molecule has 0 bridgehead atoms. The van der Waals surface area contributed by atoms with Crippen LogP contribution in [0, 0.1) is 0 Å². The van der Waals surface area contributed by atoms with Crippen LogP contribution in [0.25, 0.3) is 0 Å². The number of hydrogen-bond acceptors (Lipinski definition) is 3. The molecule has 0 saturated heterocycles. The Morgan fingerprint density at radius 1 is 0.786 bits per heavy atom. The van der Waals surface area contributed by atoms with Crippen LogP contribution in [-0.4, -0.2) is 23.2 Å². The molecule has 3 aromatic rings. The molecule has 2 atom stereocenters. The lowest BCUT2D eigenvalue weighted by Crippen LogP contribution is -2.44. The lowest BCUT2D eigenvalue weighted by Gasteiger charge is -2.33. The zero-order valence-electron chi connectivity index (χ0n) is 14.9. The van der Waals surface area contributed by atoms with E-state index >= 15 is 0 Å². The van der Waals surface area contributed by atoms with Crippen molar-refractivity contribution in [2.45, 2.75) is 10.4 Å². The quantitative estimate of drug-likeness (QED) is 0.234. The number of halogens is 2. The number of rotatable bonds is 7. The Kier molecular flexibility index (Phi) is 6.81. The summed E-state index contributed by atoms with van der Waals surface area (Å²) in [6.07, 6.45) is -1.07. The second-order valence-electron chi connectivity index (χ2n) is 6.24. The van der Waals surface area contributed by atoms with Gasteiger partial charge in [0.25, 0.3) is 0 Å². The van der Waals surface area contributed by atoms with Crippen LogP contribution in [0.1, 0.15) is 26.3 Å². The van der Waals surface area contributed by atoms with E-state index in [-0.39, 0.29) is 5.78 Å². The molecule has 0 N–H and O–H groups in total. The second kappa shape index (κ2) is 9.30. The van der Waals surface area contributed by atoms with Crippen LogP contribution in [0.5, 0.6) is 0 Å². The van der Waals surface area contributed by atoms with Crippen LogP contribution in [0.4, 0.5) is 0 Å². The largest absolute Gasteiger partial charge is 0.448 e. The van der Waals surface area contributed by atoms with Gasteiger partial charge in [0.2, 0.25) is 5.78 Å². The summed E-state index contributed by atoms with van der Waals surface area (Å²) in [4.78, 5) is 26.1. The van der Waals surface area contributed by atoms with Gasteiger partial charge in [-0.1, -0.05) is 111 Å². The third-order valence-corrected chi connectivity index (χ3v) is 7.19. The van der Waals surface area contributed by atoms with Gasteiger partial charge in [0.1, 0.15) is 4.32 Å². The van der Waals surface area contributed by atoms with Crippen molar-refractivity contribution >= 4 is 43.6 Å². The van der Waals surface area contributed by atoms with Crippen molar-refractivity contribution in [3.63, 3.8) is 0 Å². The fourth-order valence-corrected chi connectivity index (χ4v) is 4.06. The minimum Gasteiger partial charge on any atom is -0.448 e. The smallest absolute Gasteiger partial charge is 0.338 e. The van der Waals surface area contributed by atoms with Crippen LogP contribution >= 0.6 is 31.9 Å². The number of ether oxygens (including phenoxy) is 1. The van der Waals surface area contributed by atoms with Gasteiger partial charge in [0.15, 0.2) is 6.10 Å². The van der Waals surface area contributed by atoms with Gasteiger partial charge in [-0.25, -0.2) is 4.79 Å². The van der Waals surface area contributed by atoms with Crippen molar-refractivity contribution in [2.75, 3.05) is 5.33 Å². The number of carbonyl (C=O) groups excluding carboxylic acids is 2. The Labute approximate surface area is 181 Å². The van der Waals surface area contributed by atoms with Crippen molar-refractivity contribution in [3.8, 4) is 0 Å². The minimum absolute atomic E-state index is 0.273. The number of hydrogen-bond donors (Lipinski definition) is 0. The number of alkyl halides is 2. The molecule has 3 rings (SSSR count). The lowest BCUT2D eigenvalue weighted by molar-refractivity contribution is 0.0219. The first-order valence-electron chi connectivity index (χ1n) is 8.72. The van der Waals surface area contributed by atoms with Crippen LogP contribution in [0.2, 0.25) is 0 Å². The molecular weight excluding hydrogens is 484 g/mol. The number of Topliss-reactive ketones (excluding diaryl/α,β-unsaturated/α-hetero) is 1. The molecule has 0 heterocycles. The van der Waals surface area contributed by atoms with E-state index in [9.17, 15) is 9.59 Å². The summed E-state index contributed by atoms with van der Waals surface area (Å²) >= 11 is 7.22. The molecule has 0 aliphatic heterocycles. The summed E-state index contributed by atoms with van der Waals surface area (Å²) in [6.45, 7) is 0. The van der Waals surface area contributed by atoms with Crippen LogP contribution in [0.15, 0.2) is 91.0 Å². The van der Waals surface area contributed by atoms with E-state index in [1.165, 1.54) is 0 Å². The standard InChI is InChI=1S/C23H18Br2O3/c24-16-23(25,19-14-8-3-9-15-19)21(20(26)17-10-4-1-5-11-17)28-22(27)18-12-6-2-7-13-18/h1-15,21H,16H2. The van der Waals surface area contributed by atoms with Crippen molar-refractivity contribution in [2.24, 2.45) is 0 Å². The number of esters is 1. The molecule has 0 amide bonds. The van der Waals surface area contributed by atoms with Gasteiger partial charge in [0, 0.05) is 10.9 Å². The Bertz CT molecular complexity index is 930. The maximum absolute atomic E-state index is 13.4. The van der Waals surface area contributed by atoms with Crippen LogP contribution in [0.3, 0.4) is 0 Å². The molecule has 142 valence electrons. The number of carbonyl (C=O) groups is 2. The first kappa shape index (κ1) is 20.5. The van der Waals surface area contributed by atoms with E-state index in [4.69, 9.17) is 4.74 Å². The minimum atomic E-state index is -1.07. The van der Waals surface area contributed by atoms with Crippen molar-refractivity contribution in [1.82, 2.24) is 0 Å². The molecule has 0 aromatic heterocycles. The summed E-state index contributed by atoms with van der Waals surface area (Å²) in [5, 5.41) is 0.370. The lowest BCUT2D eigenvalue weighted by atomic mass is 9.89. The van der Waals surface area contributed by atoms with Crippen molar-refractivity contribution < 1.29 is 14.3 Å². The molecule has 0 fully saturated rings. The Hall–Kier alpha value is -2.24. The van der Waals surface area contributed by atoms with E-state index in [0.717, 1.165) is 5.56 Å². The summed E-state index contributed by atoms with van der Waals surface area (Å²) in [7, 11) is 0. The average molecular weight is 502 g/mol. The maximum atomic E-state index is 13.4. The van der Waals surface area contributed by atoms with Crippen LogP contribution < -0.4 is 0 Å². The van der Waals surface area contributed by atoms with Gasteiger partial charge >= 0.3 is 5.97 Å². The summed E-state index contributed by atoms with van der Waals surface area (Å²) in [5.74, 6) is -0.819. The van der Waals surface area contributed by atoms with E-state index < -0.39 is 16.4 Å². The first-order valence-corrected chi connectivity index (χ1v) is 10.6. The van der Waals surface area contributed by atoms with E-state index in [1.807, 2.05) is 42.5 Å². The van der Waals surface area contributed by atoms with E-state index in [1.54, 1.807) is 48.5 Å². The van der Waals surface area contributed by atoms with Gasteiger partial charge in [0.05, 0.1) is 5.56 Å². The van der Waals surface area contributed by atoms with E-state index in [0.29, 0.717) is 16.5 Å². The molecule has 0 aliphatic carbocycles. The molecule has 3 nitrogen and oxygen atoms in total. The van der Waals surface area contributed by atoms with Gasteiger partial charge in [-0.3, -0.25) is 4.79 Å². The normalized spacial score (nSPS) is 13.9. The summed E-state index contributed by atoms with van der Waals surface area (Å²) in [6, 6.07) is 27.0. The topological polar surface area (TPSA) is 43.4 Å². The molecule has 0 spiro atoms. The monoisotopic (exact) mass is 500 g/mol. The molecular formula is C23H18Br2O3. The molecule has 2 unspecified atom stereocenters. The Morgan fingerprint density at radius 2 is 1.25 bits per heavy atom.